The van der Waals surface area contributed by atoms with Crippen LogP contribution in [0.1, 0.15) is 0 Å². The molecular weight excluding hydrogens is 111 g/mol. The summed E-state index contributed by atoms with van der Waals surface area (Å²) in [6, 6.07) is 7.94. The number of hydrogen-bond acceptors (Lipinski definition) is 1. The first-order valence-corrected chi connectivity index (χ1v) is 2.85. The first kappa shape index (κ1) is 4.73. The quantitative estimate of drug-likeness (QED) is 0.544. The van der Waals surface area contributed by atoms with Crippen molar-refractivity contribution in [2.24, 2.45) is 0 Å². The van der Waals surface area contributed by atoms with Crippen LogP contribution >= 0.6 is 0 Å². The van der Waals surface area contributed by atoms with Crippen LogP contribution in [0.3, 0.4) is 0 Å². The Morgan fingerprint density at radius 1 is 1.33 bits per heavy atom. The van der Waals surface area contributed by atoms with Crippen LogP contribution in [-0.4, -0.2) is 17.0 Å². The number of nitrogens with one attached hydrogen (secondary N) is 1. The van der Waals surface area contributed by atoms with Gasteiger partial charge in [0.15, 0.2) is 0 Å². The van der Waals surface area contributed by atoms with Gasteiger partial charge in [0.05, 0.1) is 0 Å². The van der Waals surface area contributed by atoms with Gasteiger partial charge in [-0.25, -0.2) is 0 Å². The summed E-state index contributed by atoms with van der Waals surface area (Å²) >= 11 is 0. The van der Waals surface area contributed by atoms with E-state index in [1.807, 2.05) is 24.3 Å². The average molecular weight is 116 g/mol. The third kappa shape index (κ3) is 0.651. The van der Waals surface area contributed by atoms with Crippen LogP contribution in [0.4, 0.5) is 0 Å². The zero-order valence-electron chi connectivity index (χ0n) is 4.83. The number of hydrogen-bond donors (Lipinski definition) is 1. The van der Waals surface area contributed by atoms with E-state index >= 15 is 0 Å². The Kier molecular flexibility index (Phi) is 0.888. The first-order chi connectivity index (χ1) is 4.47. The number of benzene rings is 1. The van der Waals surface area contributed by atoms with E-state index in [2.05, 4.69) is 9.78 Å². The Balaban J connectivity index is 2.95. The molecule has 0 saturated carbocycles. The predicted octanol–water partition coefficient (Wildman–Crippen LogP) is 0.901. The van der Waals surface area contributed by atoms with Crippen molar-refractivity contribution in [1.29, 1.82) is 0 Å². The van der Waals surface area contributed by atoms with Gasteiger partial charge in [0.2, 0.25) is 0 Å². The van der Waals surface area contributed by atoms with Gasteiger partial charge < -0.3 is 0 Å². The molecule has 0 aliphatic rings. The second kappa shape index (κ2) is 1.69. The molecule has 0 spiro atoms. The maximum absolute atomic E-state index is 4.06. The zero-order valence-corrected chi connectivity index (χ0v) is 4.83. The fourth-order valence-corrected chi connectivity index (χ4v) is 0.880. The van der Waals surface area contributed by atoms with Crippen LogP contribution in [-0.2, 0) is 0 Å². The second-order valence-electron chi connectivity index (χ2n) is 1.92. The van der Waals surface area contributed by atoms with Gasteiger partial charge >= 0.3 is 52.3 Å². The van der Waals surface area contributed by atoms with Crippen molar-refractivity contribution < 1.29 is 0 Å². The molecule has 2 aromatic rings. The molecule has 1 N–H and O–H groups in total. The maximum atomic E-state index is 4.06. The molecule has 42 valence electrons. The summed E-state index contributed by atoms with van der Waals surface area (Å²) < 4.78 is 0. The fourth-order valence-electron chi connectivity index (χ4n) is 0.880. The summed E-state index contributed by atoms with van der Waals surface area (Å²) in [6.45, 7) is 0. The van der Waals surface area contributed by atoms with Gasteiger partial charge in [-0.05, 0) is 0 Å². The van der Waals surface area contributed by atoms with E-state index in [-0.39, 0.29) is 0 Å². The van der Waals surface area contributed by atoms with Gasteiger partial charge in [-0.1, -0.05) is 0 Å². The van der Waals surface area contributed by atoms with Gasteiger partial charge in [-0.2, -0.15) is 0 Å². The van der Waals surface area contributed by atoms with E-state index in [1.165, 1.54) is 0 Å². The Hall–Kier alpha value is -1.12. The van der Waals surface area contributed by atoms with Crippen LogP contribution in [0.25, 0.3) is 11.0 Å². The molecule has 0 atom stereocenters. The number of rotatable bonds is 0. The van der Waals surface area contributed by atoms with E-state index < -0.39 is 0 Å². The monoisotopic (exact) mass is 116 g/mol. The van der Waals surface area contributed by atoms with Crippen LogP contribution in [0, 0.1) is 0 Å². The fraction of sp³-hybridized carbons (Fsp3) is 0. The number of aromatic nitrogens is 2. The van der Waals surface area contributed by atoms with Gasteiger partial charge in [0.1, 0.15) is 0 Å². The predicted molar refractivity (Wildman–Crippen MR) is 37.4 cm³/mol. The second-order valence-corrected chi connectivity index (χ2v) is 1.92. The number of H-pyrrole nitrogens is 1. The average Bonchev–Trinajstić information content (AvgIpc) is 2.33. The molecule has 9 heavy (non-hydrogen) atoms. The van der Waals surface area contributed by atoms with E-state index in [0.29, 0.717) is 0 Å². The van der Waals surface area contributed by atoms with Crippen molar-refractivity contribution in [2.45, 2.75) is 0 Å². The van der Waals surface area contributed by atoms with Gasteiger partial charge in [0.25, 0.3) is 0 Å². The van der Waals surface area contributed by atoms with Crippen LogP contribution in [0.15, 0.2) is 24.3 Å². The number of aromatic amines is 1. The molecule has 0 amide bonds. The van der Waals surface area contributed by atoms with Crippen LogP contribution in [0.2, 0.25) is 0 Å². The van der Waals surface area contributed by atoms with Gasteiger partial charge in [-0.3, -0.25) is 0 Å². The van der Waals surface area contributed by atoms with Gasteiger partial charge in [-0.15, -0.1) is 0 Å². The van der Waals surface area contributed by atoms with E-state index in [0.717, 1.165) is 11.0 Å². The third-order valence-electron chi connectivity index (χ3n) is 1.33. The van der Waals surface area contributed by atoms with Crippen molar-refractivity contribution in [3.05, 3.63) is 24.3 Å². The zero-order chi connectivity index (χ0) is 6.10. The summed E-state index contributed by atoms with van der Waals surface area (Å²) in [5, 5.41) is 0. The van der Waals surface area contributed by atoms with Crippen molar-refractivity contribution in [3.8, 4) is 0 Å². The molecule has 0 aliphatic heterocycles. The Labute approximate surface area is 53.2 Å². The molecule has 2 rings (SSSR count). The summed E-state index contributed by atoms with van der Waals surface area (Å²) in [6.07, 6.45) is 0. The topological polar surface area (TPSA) is 28.7 Å². The van der Waals surface area contributed by atoms with Crippen molar-refractivity contribution in [1.82, 2.24) is 9.78 Å². The summed E-state index contributed by atoms with van der Waals surface area (Å²) in [4.78, 5) is 7.07. The molecule has 0 aliphatic carbocycles. The van der Waals surface area contributed by atoms with Gasteiger partial charge in [0, 0.05) is 0 Å². The molecule has 1 aromatic carbocycles. The minimum absolute atomic E-state index is 1.03. The van der Waals surface area contributed by atoms with E-state index in [9.17, 15) is 0 Å². The number of nitrogens with zero attached hydrogens (tertiary/aromatic N) is 1. The summed E-state index contributed by atoms with van der Waals surface area (Å²) in [7, 11) is 1.70. The number of para-hydroxylation sites is 1. The van der Waals surface area contributed by atoms with Crippen LogP contribution < -0.4 is 0 Å². The molecule has 0 unspecified atom stereocenters. The molecule has 0 radical (unpaired) electrons. The molecular formula is C6H5BN2. The molecule has 2 nitrogen and oxygen atoms in total. The normalized spacial score (nSPS) is 9.78. The van der Waals surface area contributed by atoms with Crippen molar-refractivity contribution in [3.63, 3.8) is 0 Å². The molecule has 1 heterocycles. The van der Waals surface area contributed by atoms with E-state index in [4.69, 9.17) is 0 Å². The summed E-state index contributed by atoms with van der Waals surface area (Å²) in [5.74, 6) is 0. The number of fused-ring (bicyclic) bond motifs is 1. The molecule has 0 bridgehead atoms. The molecule has 0 fully saturated rings. The Bertz CT molecular complexity index is 285. The Morgan fingerprint density at radius 2 is 2.22 bits per heavy atom. The third-order valence-corrected chi connectivity index (χ3v) is 1.33. The Morgan fingerprint density at radius 3 is 3.11 bits per heavy atom. The van der Waals surface area contributed by atoms with Crippen molar-refractivity contribution >= 4 is 18.2 Å². The van der Waals surface area contributed by atoms with Crippen LogP contribution in [0.5, 0.6) is 0 Å². The standard InChI is InChI=1S/C6H5BN2/c1-2-4-6-5(3-1)8-7-9-6/h1-4,8H. The summed E-state index contributed by atoms with van der Waals surface area (Å²) in [5.41, 5.74) is 2.12. The molecule has 3 heteroatoms. The molecule has 0 saturated heterocycles. The van der Waals surface area contributed by atoms with E-state index in [1.54, 1.807) is 7.19 Å². The first-order valence-electron chi connectivity index (χ1n) is 2.85. The molecule has 1 aromatic heterocycles. The van der Waals surface area contributed by atoms with Crippen molar-refractivity contribution in [2.75, 3.05) is 0 Å². The minimum atomic E-state index is 1.03. The SMILES string of the molecule is b1nc2ccccc2[nH]1.